The van der Waals surface area contributed by atoms with Crippen LogP contribution in [0.4, 0.5) is 0 Å². The highest BCUT2D eigenvalue weighted by Crippen LogP contribution is 2.22. The Labute approximate surface area is 111 Å². The van der Waals surface area contributed by atoms with E-state index in [1.807, 2.05) is 24.3 Å². The Morgan fingerprint density at radius 3 is 2.94 bits per heavy atom. The van der Waals surface area contributed by atoms with Crippen LogP contribution in [0.5, 0.6) is 0 Å². The highest BCUT2D eigenvalue weighted by molar-refractivity contribution is 7.80. The molecule has 0 aliphatic carbocycles. The summed E-state index contributed by atoms with van der Waals surface area (Å²) in [6.07, 6.45) is 2.30. The number of hydrazone groups is 1. The number of hydrogen-bond acceptors (Lipinski definition) is 4. The summed E-state index contributed by atoms with van der Waals surface area (Å²) in [5, 5.41) is 4.04. The molecule has 0 aromatic heterocycles. The number of nitrogens with zero attached hydrogens (tertiary/aromatic N) is 1. The van der Waals surface area contributed by atoms with Crippen LogP contribution < -0.4 is 11.2 Å². The van der Waals surface area contributed by atoms with Crippen molar-refractivity contribution in [2.45, 2.75) is 12.7 Å². The molecule has 1 saturated heterocycles. The standard InChI is InChI=1S/C12H15N3O2S/c13-12(18)15-14-8-9-3-1-4-10(7-9)11-16-5-2-6-17-11/h1,3-4,7-8,11H,2,5-6H2,(H3,13,15,18). The summed E-state index contributed by atoms with van der Waals surface area (Å²) >= 11 is 4.65. The van der Waals surface area contributed by atoms with Crippen molar-refractivity contribution in [3.8, 4) is 0 Å². The number of thiocarbonyl (C=S) groups is 1. The van der Waals surface area contributed by atoms with Gasteiger partial charge in [0.15, 0.2) is 11.4 Å². The van der Waals surface area contributed by atoms with Gasteiger partial charge in [0.1, 0.15) is 0 Å². The summed E-state index contributed by atoms with van der Waals surface area (Å²) < 4.78 is 11.1. The first-order valence-electron chi connectivity index (χ1n) is 5.67. The maximum absolute atomic E-state index is 5.54. The van der Waals surface area contributed by atoms with Gasteiger partial charge in [0.2, 0.25) is 0 Å². The molecule has 18 heavy (non-hydrogen) atoms. The summed E-state index contributed by atoms with van der Waals surface area (Å²) in [6, 6.07) is 7.78. The van der Waals surface area contributed by atoms with Crippen LogP contribution in [0.3, 0.4) is 0 Å². The van der Waals surface area contributed by atoms with Crippen LogP contribution in [0, 0.1) is 0 Å². The molecular weight excluding hydrogens is 250 g/mol. The molecule has 0 radical (unpaired) electrons. The van der Waals surface area contributed by atoms with E-state index >= 15 is 0 Å². The van der Waals surface area contributed by atoms with Crippen LogP contribution in [0.1, 0.15) is 23.8 Å². The largest absolute Gasteiger partial charge is 0.375 e. The van der Waals surface area contributed by atoms with E-state index in [0.29, 0.717) is 0 Å². The fourth-order valence-corrected chi connectivity index (χ4v) is 1.69. The maximum Gasteiger partial charge on any atom is 0.184 e. The van der Waals surface area contributed by atoms with Gasteiger partial charge in [-0.05, 0) is 30.3 Å². The smallest absolute Gasteiger partial charge is 0.184 e. The van der Waals surface area contributed by atoms with E-state index in [1.54, 1.807) is 6.21 Å². The number of ether oxygens (including phenoxy) is 2. The first-order valence-corrected chi connectivity index (χ1v) is 6.08. The molecule has 3 N–H and O–H groups in total. The first kappa shape index (κ1) is 12.9. The zero-order chi connectivity index (χ0) is 12.8. The fraction of sp³-hybridized carbons (Fsp3) is 0.333. The molecule has 0 unspecified atom stereocenters. The molecule has 6 heteroatoms. The lowest BCUT2D eigenvalue weighted by atomic mass is 10.1. The molecule has 1 heterocycles. The van der Waals surface area contributed by atoms with Crippen LogP contribution in [0.25, 0.3) is 0 Å². The van der Waals surface area contributed by atoms with Crippen molar-refractivity contribution >= 4 is 23.5 Å². The number of benzene rings is 1. The van der Waals surface area contributed by atoms with Gasteiger partial charge >= 0.3 is 0 Å². The van der Waals surface area contributed by atoms with E-state index in [1.165, 1.54) is 0 Å². The second kappa shape index (κ2) is 6.44. The van der Waals surface area contributed by atoms with Crippen LogP contribution >= 0.6 is 12.2 Å². The van der Waals surface area contributed by atoms with Gasteiger partial charge in [-0.3, -0.25) is 5.43 Å². The minimum absolute atomic E-state index is 0.140. The van der Waals surface area contributed by atoms with Crippen molar-refractivity contribution in [3.63, 3.8) is 0 Å². The molecule has 0 atom stereocenters. The minimum atomic E-state index is -0.282. The van der Waals surface area contributed by atoms with Crippen molar-refractivity contribution in [3.05, 3.63) is 35.4 Å². The molecule has 1 fully saturated rings. The lowest BCUT2D eigenvalue weighted by molar-refractivity contribution is -0.183. The SMILES string of the molecule is NC(=S)NN=Cc1cccc(C2OCCCO2)c1. The Balaban J connectivity index is 2.04. The highest BCUT2D eigenvalue weighted by Gasteiger charge is 2.16. The van der Waals surface area contributed by atoms with Gasteiger partial charge in [-0.2, -0.15) is 5.10 Å². The van der Waals surface area contributed by atoms with Gasteiger partial charge < -0.3 is 15.2 Å². The van der Waals surface area contributed by atoms with Gasteiger partial charge in [0, 0.05) is 5.56 Å². The number of nitrogens with two attached hydrogens (primary N) is 1. The van der Waals surface area contributed by atoms with Crippen molar-refractivity contribution in [1.29, 1.82) is 0 Å². The van der Waals surface area contributed by atoms with E-state index in [0.717, 1.165) is 30.8 Å². The minimum Gasteiger partial charge on any atom is -0.375 e. The molecule has 1 aromatic rings. The van der Waals surface area contributed by atoms with E-state index in [4.69, 9.17) is 15.2 Å². The molecule has 1 aliphatic rings. The van der Waals surface area contributed by atoms with Crippen LogP contribution in [0.2, 0.25) is 0 Å². The lowest BCUT2D eigenvalue weighted by Crippen LogP contribution is -2.24. The Kier molecular flexibility index (Phi) is 4.63. The number of hydrogen-bond donors (Lipinski definition) is 2. The Morgan fingerprint density at radius 2 is 2.22 bits per heavy atom. The second-order valence-corrected chi connectivity index (χ2v) is 4.27. The molecule has 96 valence electrons. The molecule has 0 spiro atoms. The molecule has 5 nitrogen and oxygen atoms in total. The fourth-order valence-electron chi connectivity index (χ4n) is 1.64. The van der Waals surface area contributed by atoms with Crippen LogP contribution in [-0.4, -0.2) is 24.5 Å². The summed E-state index contributed by atoms with van der Waals surface area (Å²) in [5.74, 6) is 0. The van der Waals surface area contributed by atoms with Crippen molar-refractivity contribution in [2.24, 2.45) is 10.8 Å². The van der Waals surface area contributed by atoms with Gasteiger partial charge in [-0.25, -0.2) is 0 Å². The van der Waals surface area contributed by atoms with E-state index in [-0.39, 0.29) is 11.4 Å². The third-order valence-corrected chi connectivity index (χ3v) is 2.49. The number of rotatable bonds is 3. The molecule has 1 aliphatic heterocycles. The van der Waals surface area contributed by atoms with E-state index in [2.05, 4.69) is 22.7 Å². The normalized spacial score (nSPS) is 16.9. The molecule has 0 bridgehead atoms. The predicted octanol–water partition coefficient (Wildman–Crippen LogP) is 1.29. The van der Waals surface area contributed by atoms with Gasteiger partial charge in [0.25, 0.3) is 0 Å². The zero-order valence-corrected chi connectivity index (χ0v) is 10.7. The number of nitrogens with one attached hydrogen (secondary N) is 1. The summed E-state index contributed by atoms with van der Waals surface area (Å²) in [5.41, 5.74) is 9.68. The van der Waals surface area contributed by atoms with E-state index in [9.17, 15) is 0 Å². The molecule has 2 rings (SSSR count). The predicted molar refractivity (Wildman–Crippen MR) is 73.2 cm³/mol. The van der Waals surface area contributed by atoms with Gasteiger partial charge in [0.05, 0.1) is 19.4 Å². The van der Waals surface area contributed by atoms with Gasteiger partial charge in [-0.1, -0.05) is 18.2 Å². The Bertz CT molecular complexity index is 445. The van der Waals surface area contributed by atoms with Crippen molar-refractivity contribution in [2.75, 3.05) is 13.2 Å². The topological polar surface area (TPSA) is 68.9 Å². The van der Waals surface area contributed by atoms with Gasteiger partial charge in [-0.15, -0.1) is 0 Å². The summed E-state index contributed by atoms with van der Waals surface area (Å²) in [6.45, 7) is 1.46. The monoisotopic (exact) mass is 265 g/mol. The quantitative estimate of drug-likeness (QED) is 0.489. The summed E-state index contributed by atoms with van der Waals surface area (Å²) in [7, 11) is 0. The Morgan fingerprint density at radius 1 is 1.44 bits per heavy atom. The van der Waals surface area contributed by atoms with Crippen LogP contribution in [-0.2, 0) is 9.47 Å². The van der Waals surface area contributed by atoms with Crippen molar-refractivity contribution < 1.29 is 9.47 Å². The average molecular weight is 265 g/mol. The van der Waals surface area contributed by atoms with E-state index < -0.39 is 0 Å². The third-order valence-electron chi connectivity index (χ3n) is 2.40. The summed E-state index contributed by atoms with van der Waals surface area (Å²) in [4.78, 5) is 0. The third kappa shape index (κ3) is 3.76. The second-order valence-electron chi connectivity index (χ2n) is 3.83. The lowest BCUT2D eigenvalue weighted by Gasteiger charge is -2.23. The maximum atomic E-state index is 5.54. The molecule has 0 saturated carbocycles. The molecule has 0 amide bonds. The highest BCUT2D eigenvalue weighted by atomic mass is 32.1. The Hall–Kier alpha value is -1.50. The van der Waals surface area contributed by atoms with Crippen molar-refractivity contribution in [1.82, 2.24) is 5.43 Å². The van der Waals surface area contributed by atoms with Crippen LogP contribution in [0.15, 0.2) is 29.4 Å². The average Bonchev–Trinajstić information content (AvgIpc) is 2.40. The first-order chi connectivity index (χ1) is 8.75. The zero-order valence-electron chi connectivity index (χ0n) is 9.83. The molecular formula is C12H15N3O2S. The molecule has 1 aromatic carbocycles.